The number of hydrogen-bond acceptors (Lipinski definition) is 1. The van der Waals surface area contributed by atoms with Crippen molar-refractivity contribution in [2.24, 2.45) is 0 Å². The van der Waals surface area contributed by atoms with E-state index in [2.05, 4.69) is 12.8 Å². The molecule has 0 aliphatic heterocycles. The Hall–Kier alpha value is -0.920. The molecule has 0 spiro atoms. The fourth-order valence-electron chi connectivity index (χ4n) is 0.0481. The maximum absolute atomic E-state index is 8.19. The van der Waals surface area contributed by atoms with Crippen molar-refractivity contribution in [3.05, 3.63) is 0 Å². The molecule has 0 saturated carbocycles. The van der Waals surface area contributed by atoms with Crippen LogP contribution in [-0.2, 0) is 0 Å². The van der Waals surface area contributed by atoms with Crippen molar-refractivity contribution in [3.63, 3.8) is 0 Å². The molecule has 0 heterocycles. The first-order valence-electron chi connectivity index (χ1n) is 1.41. The molecule has 0 unspecified atom stereocenters. The van der Waals surface area contributed by atoms with Gasteiger partial charge in [0.05, 0.1) is 0 Å². The van der Waals surface area contributed by atoms with Crippen LogP contribution in [0.5, 0.6) is 0 Å². The second kappa shape index (κ2) is 2.33. The normalized spacial score (nSPS) is 6.67. The van der Waals surface area contributed by atoms with Crippen LogP contribution in [0.4, 0.5) is 0 Å². The maximum Gasteiger partial charge on any atom is 0.176 e. The van der Waals surface area contributed by atoms with E-state index in [4.69, 9.17) is 5.11 Å². The summed E-state index contributed by atoms with van der Waals surface area (Å²) < 4.78 is 0. The van der Waals surface area contributed by atoms with Gasteiger partial charge in [-0.3, -0.25) is 0 Å². The molecular formula is C5H4O. The molecular weight excluding hydrogens is 76.1 g/mol. The van der Waals surface area contributed by atoms with Crippen LogP contribution in [-0.4, -0.2) is 11.2 Å². The fourth-order valence-corrected chi connectivity index (χ4v) is 0.0481. The molecule has 0 fully saturated rings. The van der Waals surface area contributed by atoms with Crippen molar-refractivity contribution in [3.8, 4) is 24.7 Å². The zero-order valence-corrected chi connectivity index (χ0v) is 3.18. The van der Waals surface area contributed by atoms with Crippen LogP contribution in [0.25, 0.3) is 0 Å². The van der Waals surface area contributed by atoms with Crippen molar-refractivity contribution >= 4 is 0 Å². The molecule has 0 rings (SSSR count). The number of hydrogen-bond donors (Lipinski definition) is 1. The molecule has 30 valence electrons. The topological polar surface area (TPSA) is 20.2 Å². The van der Waals surface area contributed by atoms with Crippen LogP contribution in [0.3, 0.4) is 0 Å². The van der Waals surface area contributed by atoms with Crippen molar-refractivity contribution in [2.75, 3.05) is 0 Å². The lowest BCUT2D eigenvalue weighted by molar-refractivity contribution is 0.290. The third-order valence-corrected chi connectivity index (χ3v) is 0.316. The second-order valence-corrected chi connectivity index (χ2v) is 0.736. The minimum atomic E-state index is -1.01. The molecule has 0 atom stereocenters. The van der Waals surface area contributed by atoms with E-state index in [0.717, 1.165) is 0 Å². The predicted octanol–water partition coefficient (Wildman–Crippen LogP) is -0.386. The van der Waals surface area contributed by atoms with Gasteiger partial charge >= 0.3 is 0 Å². The predicted molar refractivity (Wildman–Crippen MR) is 23.7 cm³/mol. The summed E-state index contributed by atoms with van der Waals surface area (Å²) in [6.07, 6.45) is 8.27. The Labute approximate surface area is 37.0 Å². The maximum atomic E-state index is 8.19. The van der Waals surface area contributed by atoms with Crippen molar-refractivity contribution < 1.29 is 5.11 Å². The standard InChI is InChI=1S/C5H4O/c1-3-5(6)4-2/h1-2,5-6H. The van der Waals surface area contributed by atoms with Crippen molar-refractivity contribution in [1.82, 2.24) is 0 Å². The van der Waals surface area contributed by atoms with Gasteiger partial charge in [0, 0.05) is 0 Å². The van der Waals surface area contributed by atoms with E-state index in [1.807, 2.05) is 11.8 Å². The third kappa shape index (κ3) is 1.40. The number of aliphatic hydroxyl groups excluding tert-OH is 1. The summed E-state index contributed by atoms with van der Waals surface area (Å²) in [5.74, 6) is 3.87. The van der Waals surface area contributed by atoms with E-state index in [-0.39, 0.29) is 0 Å². The van der Waals surface area contributed by atoms with Crippen LogP contribution < -0.4 is 0 Å². The molecule has 0 radical (unpaired) electrons. The number of aliphatic hydroxyl groups is 1. The Balaban J connectivity index is 3.40. The molecule has 1 N–H and O–H groups in total. The molecule has 0 aliphatic rings. The Morgan fingerprint density at radius 2 is 1.67 bits per heavy atom. The van der Waals surface area contributed by atoms with Crippen LogP contribution in [0.2, 0.25) is 0 Å². The molecule has 1 heteroatoms. The van der Waals surface area contributed by atoms with E-state index in [1.165, 1.54) is 0 Å². The highest BCUT2D eigenvalue weighted by atomic mass is 16.3. The molecule has 0 amide bonds. The van der Waals surface area contributed by atoms with Crippen LogP contribution in [0, 0.1) is 24.7 Å². The summed E-state index contributed by atoms with van der Waals surface area (Å²) in [5, 5.41) is 8.19. The third-order valence-electron chi connectivity index (χ3n) is 0.316. The van der Waals surface area contributed by atoms with Gasteiger partial charge in [-0.15, -0.1) is 12.8 Å². The Kier molecular flexibility index (Phi) is 1.97. The quantitative estimate of drug-likeness (QED) is 0.393. The first-order valence-corrected chi connectivity index (χ1v) is 1.41. The average molecular weight is 80.1 g/mol. The minimum Gasteiger partial charge on any atom is -0.369 e. The lowest BCUT2D eigenvalue weighted by Crippen LogP contribution is -1.94. The summed E-state index contributed by atoms with van der Waals surface area (Å²) >= 11 is 0. The van der Waals surface area contributed by atoms with Gasteiger partial charge in [0.2, 0.25) is 0 Å². The van der Waals surface area contributed by atoms with Gasteiger partial charge in [-0.05, 0) is 0 Å². The monoisotopic (exact) mass is 80.0 g/mol. The van der Waals surface area contributed by atoms with Gasteiger partial charge in [0.25, 0.3) is 0 Å². The molecule has 0 aromatic carbocycles. The van der Waals surface area contributed by atoms with E-state index in [1.54, 1.807) is 0 Å². The first-order chi connectivity index (χ1) is 2.81. The Bertz CT molecular complexity index is 88.1. The summed E-state index contributed by atoms with van der Waals surface area (Å²) in [5.41, 5.74) is 0. The molecule has 0 aromatic rings. The summed E-state index contributed by atoms with van der Waals surface area (Å²) in [4.78, 5) is 0. The fraction of sp³-hybridized carbons (Fsp3) is 0.200. The van der Waals surface area contributed by atoms with E-state index < -0.39 is 6.10 Å². The van der Waals surface area contributed by atoms with Gasteiger partial charge < -0.3 is 5.11 Å². The van der Waals surface area contributed by atoms with Crippen molar-refractivity contribution in [1.29, 1.82) is 0 Å². The highest BCUT2D eigenvalue weighted by Crippen LogP contribution is 1.67. The summed E-state index contributed by atoms with van der Waals surface area (Å²) in [6.45, 7) is 0. The van der Waals surface area contributed by atoms with Crippen LogP contribution in [0.15, 0.2) is 0 Å². The van der Waals surface area contributed by atoms with E-state index >= 15 is 0 Å². The Morgan fingerprint density at radius 1 is 1.33 bits per heavy atom. The van der Waals surface area contributed by atoms with Crippen LogP contribution >= 0.6 is 0 Å². The molecule has 0 bridgehead atoms. The highest BCUT2D eigenvalue weighted by Gasteiger charge is 1.81. The highest BCUT2D eigenvalue weighted by molar-refractivity contribution is 5.10. The zero-order valence-electron chi connectivity index (χ0n) is 3.18. The molecule has 0 saturated heterocycles. The second-order valence-electron chi connectivity index (χ2n) is 0.736. The summed E-state index contributed by atoms with van der Waals surface area (Å²) in [7, 11) is 0. The first kappa shape index (κ1) is 5.08. The van der Waals surface area contributed by atoms with Gasteiger partial charge in [0.1, 0.15) is 0 Å². The zero-order chi connectivity index (χ0) is 4.99. The van der Waals surface area contributed by atoms with Gasteiger partial charge in [0.15, 0.2) is 6.10 Å². The van der Waals surface area contributed by atoms with E-state index in [0.29, 0.717) is 0 Å². The lowest BCUT2D eigenvalue weighted by atomic mass is 10.4. The molecule has 1 nitrogen and oxygen atoms in total. The number of rotatable bonds is 0. The molecule has 0 aromatic heterocycles. The van der Waals surface area contributed by atoms with Gasteiger partial charge in [-0.25, -0.2) is 0 Å². The summed E-state index contributed by atoms with van der Waals surface area (Å²) in [6, 6.07) is 0. The molecule has 6 heavy (non-hydrogen) atoms. The lowest BCUT2D eigenvalue weighted by Gasteiger charge is -1.81. The average Bonchev–Trinajstić information content (AvgIpc) is 1.65. The van der Waals surface area contributed by atoms with Gasteiger partial charge in [-0.1, -0.05) is 11.8 Å². The smallest absolute Gasteiger partial charge is 0.176 e. The van der Waals surface area contributed by atoms with E-state index in [9.17, 15) is 0 Å². The SMILES string of the molecule is C#CC(O)C#C. The number of terminal acetylenes is 2. The van der Waals surface area contributed by atoms with Crippen molar-refractivity contribution in [2.45, 2.75) is 6.10 Å². The minimum absolute atomic E-state index is 1.01. The molecule has 0 aliphatic carbocycles. The van der Waals surface area contributed by atoms with Crippen LogP contribution in [0.1, 0.15) is 0 Å². The Morgan fingerprint density at radius 3 is 1.67 bits per heavy atom. The largest absolute Gasteiger partial charge is 0.369 e. The van der Waals surface area contributed by atoms with Gasteiger partial charge in [-0.2, -0.15) is 0 Å².